The van der Waals surface area contributed by atoms with Crippen molar-refractivity contribution >= 4 is 0 Å². The first kappa shape index (κ1) is 16.4. The van der Waals surface area contributed by atoms with E-state index < -0.39 is 0 Å². The first-order valence-corrected chi connectivity index (χ1v) is 8.06. The van der Waals surface area contributed by atoms with Crippen LogP contribution in [-0.4, -0.2) is 23.5 Å². The maximum Gasteiger partial charge on any atom is 0.128 e. The Labute approximate surface area is 127 Å². The molecule has 0 bridgehead atoms. The summed E-state index contributed by atoms with van der Waals surface area (Å²) in [7, 11) is 0. The minimum absolute atomic E-state index is 0.0765. The van der Waals surface area contributed by atoms with Crippen molar-refractivity contribution < 1.29 is 4.39 Å². The molecule has 3 N–H and O–H groups in total. The van der Waals surface area contributed by atoms with Crippen molar-refractivity contribution in [1.29, 1.82) is 0 Å². The Morgan fingerprint density at radius 2 is 1.90 bits per heavy atom. The molecule has 21 heavy (non-hydrogen) atoms. The molecule has 0 aliphatic heterocycles. The van der Waals surface area contributed by atoms with Gasteiger partial charge in [0.2, 0.25) is 0 Å². The molecular weight excluding hydrogens is 265 g/mol. The van der Waals surface area contributed by atoms with Gasteiger partial charge in [0.1, 0.15) is 5.82 Å². The van der Waals surface area contributed by atoms with Crippen LogP contribution in [0, 0.1) is 12.7 Å². The van der Waals surface area contributed by atoms with E-state index in [4.69, 9.17) is 5.84 Å². The highest BCUT2D eigenvalue weighted by Gasteiger charge is 2.46. The second-order valence-corrected chi connectivity index (χ2v) is 6.11. The Kier molecular flexibility index (Phi) is 5.36. The van der Waals surface area contributed by atoms with E-state index in [0.29, 0.717) is 5.56 Å². The van der Waals surface area contributed by atoms with Crippen LogP contribution in [0.3, 0.4) is 0 Å². The van der Waals surface area contributed by atoms with Crippen molar-refractivity contribution in [1.82, 2.24) is 10.3 Å². The van der Waals surface area contributed by atoms with Crippen LogP contribution in [0.2, 0.25) is 0 Å². The topological polar surface area (TPSA) is 41.3 Å². The number of nitrogens with two attached hydrogens (primary N) is 1. The number of hydrogen-bond acceptors (Lipinski definition) is 3. The highest BCUT2D eigenvalue weighted by Crippen LogP contribution is 2.44. The van der Waals surface area contributed by atoms with Gasteiger partial charge in [-0.2, -0.15) is 0 Å². The molecule has 0 aromatic heterocycles. The number of nitrogens with one attached hydrogen (secondary N) is 1. The predicted molar refractivity (Wildman–Crippen MR) is 85.3 cm³/mol. The average molecular weight is 293 g/mol. The molecule has 1 atom stereocenters. The lowest BCUT2D eigenvalue weighted by Crippen LogP contribution is -2.56. The summed E-state index contributed by atoms with van der Waals surface area (Å²) in [4.78, 5) is 2.45. The smallest absolute Gasteiger partial charge is 0.128 e. The summed E-state index contributed by atoms with van der Waals surface area (Å²) >= 11 is 0. The Hall–Kier alpha value is -0.970. The number of aryl methyl sites for hydroxylation is 1. The van der Waals surface area contributed by atoms with E-state index in [-0.39, 0.29) is 17.4 Å². The van der Waals surface area contributed by atoms with Gasteiger partial charge in [-0.3, -0.25) is 16.2 Å². The van der Waals surface area contributed by atoms with Gasteiger partial charge in [0.15, 0.2) is 0 Å². The lowest BCUT2D eigenvalue weighted by atomic mass is 9.81. The molecule has 0 heterocycles. The van der Waals surface area contributed by atoms with Gasteiger partial charge in [-0.1, -0.05) is 44.4 Å². The number of likely N-dealkylation sites (N-methyl/N-ethyl adjacent to an activating group) is 1. The van der Waals surface area contributed by atoms with Crippen LogP contribution in [0.1, 0.15) is 56.7 Å². The van der Waals surface area contributed by atoms with Crippen molar-refractivity contribution in [2.45, 2.75) is 58.0 Å². The average Bonchev–Trinajstić information content (AvgIpc) is 2.95. The maximum atomic E-state index is 14.4. The molecule has 1 aliphatic rings. The number of hydrazine groups is 1. The highest BCUT2D eigenvalue weighted by molar-refractivity contribution is 5.30. The van der Waals surface area contributed by atoms with E-state index in [9.17, 15) is 4.39 Å². The quantitative estimate of drug-likeness (QED) is 0.624. The standard InChI is InChI=1S/C17H28FN3/c1-4-21(5-2)17(10-6-7-11-17)16(20-19)14-12-13(3)8-9-15(14)18/h8-9,12,16,20H,4-7,10-11,19H2,1-3H3. The third-order valence-corrected chi connectivity index (χ3v) is 5.03. The third kappa shape index (κ3) is 2.98. The zero-order valence-electron chi connectivity index (χ0n) is 13.5. The van der Waals surface area contributed by atoms with Gasteiger partial charge in [0.25, 0.3) is 0 Å². The summed E-state index contributed by atoms with van der Waals surface area (Å²) in [5, 5.41) is 0. The van der Waals surface area contributed by atoms with Gasteiger partial charge >= 0.3 is 0 Å². The molecule has 118 valence electrons. The number of nitrogens with zero attached hydrogens (tertiary/aromatic N) is 1. The molecule has 1 aromatic rings. The molecule has 0 saturated heterocycles. The van der Waals surface area contributed by atoms with Crippen LogP contribution < -0.4 is 11.3 Å². The van der Waals surface area contributed by atoms with E-state index in [1.807, 2.05) is 19.1 Å². The van der Waals surface area contributed by atoms with Crippen LogP contribution in [0.4, 0.5) is 4.39 Å². The van der Waals surface area contributed by atoms with Crippen LogP contribution in [0.5, 0.6) is 0 Å². The van der Waals surface area contributed by atoms with E-state index in [0.717, 1.165) is 31.5 Å². The molecule has 4 heteroatoms. The minimum atomic E-state index is -0.167. The van der Waals surface area contributed by atoms with Gasteiger partial charge in [0, 0.05) is 11.1 Å². The largest absolute Gasteiger partial charge is 0.296 e. The van der Waals surface area contributed by atoms with E-state index in [2.05, 4.69) is 24.2 Å². The summed E-state index contributed by atoms with van der Waals surface area (Å²) in [6, 6.07) is 5.13. The van der Waals surface area contributed by atoms with Crippen molar-refractivity contribution in [3.8, 4) is 0 Å². The molecule has 3 nitrogen and oxygen atoms in total. The fraction of sp³-hybridized carbons (Fsp3) is 0.647. The van der Waals surface area contributed by atoms with Gasteiger partial charge < -0.3 is 0 Å². The van der Waals surface area contributed by atoms with Crippen LogP contribution in [-0.2, 0) is 0 Å². The van der Waals surface area contributed by atoms with Crippen molar-refractivity contribution in [2.24, 2.45) is 5.84 Å². The van der Waals surface area contributed by atoms with E-state index in [1.54, 1.807) is 6.07 Å². The molecule has 1 aliphatic carbocycles. The summed E-state index contributed by atoms with van der Waals surface area (Å²) in [6.45, 7) is 8.26. The maximum absolute atomic E-state index is 14.4. The normalized spacial score (nSPS) is 19.1. The second-order valence-electron chi connectivity index (χ2n) is 6.11. The Morgan fingerprint density at radius 1 is 1.29 bits per heavy atom. The Balaban J connectivity index is 2.47. The number of halogens is 1. The Morgan fingerprint density at radius 3 is 2.43 bits per heavy atom. The molecular formula is C17H28FN3. The molecule has 1 fully saturated rings. The summed E-state index contributed by atoms with van der Waals surface area (Å²) in [6.07, 6.45) is 4.50. The zero-order chi connectivity index (χ0) is 15.5. The lowest BCUT2D eigenvalue weighted by Gasteiger charge is -2.46. The van der Waals surface area contributed by atoms with Crippen LogP contribution in [0.25, 0.3) is 0 Å². The van der Waals surface area contributed by atoms with Gasteiger partial charge in [0.05, 0.1) is 6.04 Å². The molecule has 2 rings (SSSR count). The highest BCUT2D eigenvalue weighted by atomic mass is 19.1. The monoisotopic (exact) mass is 293 g/mol. The number of hydrogen-bond donors (Lipinski definition) is 2. The molecule has 0 amide bonds. The van der Waals surface area contributed by atoms with Crippen molar-refractivity contribution in [3.63, 3.8) is 0 Å². The zero-order valence-corrected chi connectivity index (χ0v) is 13.5. The van der Waals surface area contributed by atoms with Crippen molar-refractivity contribution in [3.05, 3.63) is 35.1 Å². The van der Waals surface area contributed by atoms with Gasteiger partial charge in [-0.25, -0.2) is 4.39 Å². The molecule has 0 radical (unpaired) electrons. The third-order valence-electron chi connectivity index (χ3n) is 5.03. The molecule has 0 spiro atoms. The fourth-order valence-electron chi connectivity index (χ4n) is 4.05. The summed E-state index contributed by atoms with van der Waals surface area (Å²) in [5.41, 5.74) is 4.63. The van der Waals surface area contributed by atoms with Gasteiger partial charge in [-0.15, -0.1) is 0 Å². The molecule has 1 aromatic carbocycles. The fourth-order valence-corrected chi connectivity index (χ4v) is 4.05. The number of rotatable bonds is 6. The van der Waals surface area contributed by atoms with E-state index >= 15 is 0 Å². The summed E-state index contributed by atoms with van der Waals surface area (Å²) < 4.78 is 14.4. The van der Waals surface area contributed by atoms with Crippen LogP contribution in [0.15, 0.2) is 18.2 Å². The SMILES string of the molecule is CCN(CC)C1(C(NN)c2cc(C)ccc2F)CCCC1. The molecule has 1 saturated carbocycles. The first-order chi connectivity index (χ1) is 10.1. The van der Waals surface area contributed by atoms with E-state index in [1.165, 1.54) is 12.8 Å². The first-order valence-electron chi connectivity index (χ1n) is 8.06. The second kappa shape index (κ2) is 6.86. The minimum Gasteiger partial charge on any atom is -0.296 e. The lowest BCUT2D eigenvalue weighted by molar-refractivity contribution is 0.0612. The van der Waals surface area contributed by atoms with Crippen molar-refractivity contribution in [2.75, 3.05) is 13.1 Å². The summed E-state index contributed by atoms with van der Waals surface area (Å²) in [5.74, 6) is 5.73. The number of benzene rings is 1. The molecule has 1 unspecified atom stereocenters. The van der Waals surface area contributed by atoms with Crippen LogP contribution >= 0.6 is 0 Å². The predicted octanol–water partition coefficient (Wildman–Crippen LogP) is 3.29. The Bertz CT molecular complexity index is 465. The van der Waals surface area contributed by atoms with Gasteiger partial charge in [-0.05, 0) is 38.9 Å².